The average molecular weight is 361 g/mol. The Kier molecular flexibility index (Phi) is 2.41. The van der Waals surface area contributed by atoms with Gasteiger partial charge in [-0.15, -0.1) is 0 Å². The standard InChI is InChI=1S/C28H24/c1-2-8-19-18(7-1)21-12-13-22-20-9-3-4-10-25(20)28-17(14-16-6-5-11-24(16)28)15-23(19)26(21)27(22)28/h1-4,7-10,12-13,16-17,23-24H,5-6,11,14-15H2/t16?,17-,23?,24?,28-/m1/s1. The van der Waals surface area contributed by atoms with Crippen molar-refractivity contribution in [2.75, 3.05) is 0 Å². The lowest BCUT2D eigenvalue weighted by atomic mass is 9.57. The third kappa shape index (κ3) is 1.36. The minimum absolute atomic E-state index is 0.316. The molecule has 5 aliphatic rings. The van der Waals surface area contributed by atoms with E-state index in [-0.39, 0.29) is 0 Å². The third-order valence-corrected chi connectivity index (χ3v) is 9.29. The van der Waals surface area contributed by atoms with Crippen molar-refractivity contribution in [2.45, 2.75) is 43.4 Å². The van der Waals surface area contributed by atoms with E-state index in [1.54, 1.807) is 38.9 Å². The van der Waals surface area contributed by atoms with Crippen LogP contribution in [0.5, 0.6) is 0 Å². The molecule has 0 radical (unpaired) electrons. The Balaban J connectivity index is 1.54. The molecule has 0 nitrogen and oxygen atoms in total. The highest BCUT2D eigenvalue weighted by atomic mass is 14.7. The van der Waals surface area contributed by atoms with Crippen molar-refractivity contribution in [3.8, 4) is 22.3 Å². The van der Waals surface area contributed by atoms with E-state index in [0.717, 1.165) is 17.8 Å². The van der Waals surface area contributed by atoms with Gasteiger partial charge < -0.3 is 0 Å². The largest absolute Gasteiger partial charge is 0.0619 e. The Morgan fingerprint density at radius 3 is 2.50 bits per heavy atom. The summed E-state index contributed by atoms with van der Waals surface area (Å²) in [5, 5.41) is 0. The van der Waals surface area contributed by atoms with Crippen LogP contribution >= 0.6 is 0 Å². The molecule has 136 valence electrons. The monoisotopic (exact) mass is 360 g/mol. The summed E-state index contributed by atoms with van der Waals surface area (Å²) in [5.41, 5.74) is 13.3. The first-order valence-electron chi connectivity index (χ1n) is 11.3. The molecule has 3 aromatic rings. The summed E-state index contributed by atoms with van der Waals surface area (Å²) in [6.07, 6.45) is 7.18. The normalized spacial score (nSPS) is 34.6. The SMILES string of the molecule is c1ccc2c(c1)-c1ccc3c4c1C2C[C@H]1CC2CCCC2[C@]41c1ccccc1-3. The van der Waals surface area contributed by atoms with Crippen LogP contribution in [0.3, 0.4) is 0 Å². The van der Waals surface area contributed by atoms with Gasteiger partial charge in [-0.1, -0.05) is 73.5 Å². The van der Waals surface area contributed by atoms with Crippen molar-refractivity contribution in [3.63, 3.8) is 0 Å². The van der Waals surface area contributed by atoms with Gasteiger partial charge in [0.2, 0.25) is 0 Å². The summed E-state index contributed by atoms with van der Waals surface area (Å²) in [6.45, 7) is 0. The predicted molar refractivity (Wildman–Crippen MR) is 113 cm³/mol. The summed E-state index contributed by atoms with van der Waals surface area (Å²) < 4.78 is 0. The molecule has 8 rings (SSSR count). The fourth-order valence-electron chi connectivity index (χ4n) is 8.69. The second-order valence-corrected chi connectivity index (χ2v) is 9.97. The topological polar surface area (TPSA) is 0 Å². The predicted octanol–water partition coefficient (Wildman–Crippen LogP) is 6.91. The number of rotatable bonds is 0. The Morgan fingerprint density at radius 1 is 0.714 bits per heavy atom. The van der Waals surface area contributed by atoms with Crippen LogP contribution in [0.1, 0.15) is 60.3 Å². The molecule has 1 spiro atoms. The molecule has 5 aliphatic carbocycles. The maximum Gasteiger partial charge on any atom is 0.0277 e. The fourth-order valence-corrected chi connectivity index (χ4v) is 8.69. The number of hydrogen-bond acceptors (Lipinski definition) is 0. The fraction of sp³-hybridized carbons (Fsp3) is 0.357. The first-order valence-corrected chi connectivity index (χ1v) is 11.3. The molecule has 0 N–H and O–H groups in total. The van der Waals surface area contributed by atoms with Crippen molar-refractivity contribution in [2.24, 2.45) is 17.8 Å². The molecule has 0 aromatic heterocycles. The quantitative estimate of drug-likeness (QED) is 0.409. The van der Waals surface area contributed by atoms with Gasteiger partial charge in [0.1, 0.15) is 0 Å². The van der Waals surface area contributed by atoms with Gasteiger partial charge in [-0.3, -0.25) is 0 Å². The second-order valence-electron chi connectivity index (χ2n) is 9.97. The van der Waals surface area contributed by atoms with Crippen molar-refractivity contribution in [1.82, 2.24) is 0 Å². The lowest BCUT2D eigenvalue weighted by molar-refractivity contribution is 0.257. The van der Waals surface area contributed by atoms with Crippen LogP contribution in [-0.2, 0) is 5.41 Å². The van der Waals surface area contributed by atoms with E-state index in [0.29, 0.717) is 11.3 Å². The third-order valence-electron chi connectivity index (χ3n) is 9.29. The Labute approximate surface area is 166 Å². The molecular formula is C28H24. The summed E-state index contributed by atoms with van der Waals surface area (Å²) in [6, 6.07) is 23.7. The zero-order valence-electron chi connectivity index (χ0n) is 16.1. The van der Waals surface area contributed by atoms with Crippen LogP contribution in [0.4, 0.5) is 0 Å². The van der Waals surface area contributed by atoms with Crippen molar-refractivity contribution in [1.29, 1.82) is 0 Å². The first kappa shape index (κ1) is 14.6. The maximum absolute atomic E-state index is 2.50. The second kappa shape index (κ2) is 4.62. The lowest BCUT2D eigenvalue weighted by Gasteiger charge is -2.45. The van der Waals surface area contributed by atoms with Gasteiger partial charge in [0.05, 0.1) is 0 Å². The molecule has 2 fully saturated rings. The number of hydrogen-bond donors (Lipinski definition) is 0. The highest BCUT2D eigenvalue weighted by Gasteiger charge is 2.64. The van der Waals surface area contributed by atoms with E-state index in [2.05, 4.69) is 60.7 Å². The van der Waals surface area contributed by atoms with Crippen molar-refractivity contribution >= 4 is 0 Å². The van der Waals surface area contributed by atoms with Crippen LogP contribution in [0.25, 0.3) is 22.3 Å². The van der Waals surface area contributed by atoms with Crippen LogP contribution in [0.15, 0.2) is 60.7 Å². The van der Waals surface area contributed by atoms with Gasteiger partial charge >= 0.3 is 0 Å². The average Bonchev–Trinajstić information content (AvgIpc) is 3.46. The molecule has 3 unspecified atom stereocenters. The molecule has 5 atom stereocenters. The van der Waals surface area contributed by atoms with Crippen LogP contribution < -0.4 is 0 Å². The lowest BCUT2D eigenvalue weighted by Crippen LogP contribution is -2.41. The molecule has 0 bridgehead atoms. The zero-order valence-corrected chi connectivity index (χ0v) is 16.1. The summed E-state index contributed by atoms with van der Waals surface area (Å²) >= 11 is 0. The minimum Gasteiger partial charge on any atom is -0.0619 e. The van der Waals surface area contributed by atoms with E-state index in [4.69, 9.17) is 0 Å². The van der Waals surface area contributed by atoms with Gasteiger partial charge in [0, 0.05) is 11.3 Å². The van der Waals surface area contributed by atoms with Gasteiger partial charge in [0.15, 0.2) is 0 Å². The molecular weight excluding hydrogens is 336 g/mol. The summed E-state index contributed by atoms with van der Waals surface area (Å²) in [7, 11) is 0. The maximum atomic E-state index is 2.50. The molecule has 0 saturated heterocycles. The van der Waals surface area contributed by atoms with Gasteiger partial charge in [-0.05, 0) is 81.5 Å². The molecule has 2 saturated carbocycles. The molecule has 0 aliphatic heterocycles. The van der Waals surface area contributed by atoms with E-state index >= 15 is 0 Å². The van der Waals surface area contributed by atoms with Crippen molar-refractivity contribution < 1.29 is 0 Å². The Hall–Kier alpha value is -2.34. The molecule has 0 heteroatoms. The van der Waals surface area contributed by atoms with Crippen molar-refractivity contribution in [3.05, 3.63) is 82.9 Å². The highest BCUT2D eigenvalue weighted by molar-refractivity contribution is 5.91. The first-order chi connectivity index (χ1) is 13.9. The van der Waals surface area contributed by atoms with E-state index in [9.17, 15) is 0 Å². The number of fused-ring (bicyclic) bond motifs is 6. The molecule has 3 aromatic carbocycles. The van der Waals surface area contributed by atoms with Crippen LogP contribution in [0.2, 0.25) is 0 Å². The van der Waals surface area contributed by atoms with Gasteiger partial charge in [-0.25, -0.2) is 0 Å². The smallest absolute Gasteiger partial charge is 0.0277 e. The minimum atomic E-state index is 0.316. The van der Waals surface area contributed by atoms with Crippen LogP contribution in [0, 0.1) is 17.8 Å². The zero-order chi connectivity index (χ0) is 18.0. The number of benzene rings is 3. The van der Waals surface area contributed by atoms with Gasteiger partial charge in [0.25, 0.3) is 0 Å². The molecule has 0 amide bonds. The Bertz CT molecular complexity index is 1180. The summed E-state index contributed by atoms with van der Waals surface area (Å²) in [5.74, 6) is 3.28. The van der Waals surface area contributed by atoms with E-state index < -0.39 is 0 Å². The van der Waals surface area contributed by atoms with E-state index in [1.165, 1.54) is 37.7 Å². The molecule has 28 heavy (non-hydrogen) atoms. The highest BCUT2D eigenvalue weighted by Crippen LogP contribution is 2.73. The van der Waals surface area contributed by atoms with E-state index in [1.807, 2.05) is 0 Å². The Morgan fingerprint density at radius 2 is 1.54 bits per heavy atom. The molecule has 0 heterocycles. The summed E-state index contributed by atoms with van der Waals surface area (Å²) in [4.78, 5) is 0. The van der Waals surface area contributed by atoms with Crippen LogP contribution in [-0.4, -0.2) is 0 Å². The van der Waals surface area contributed by atoms with Gasteiger partial charge in [-0.2, -0.15) is 0 Å².